The standard InChI is InChI=1S/C17H33N3O/c1-3-5-14-8-12-20(13-9-14)11-4-10-17(2,16(18)21)19-15-6-7-15/h14-15,19H,3-13H2,1-2H3,(H2,18,21). The minimum atomic E-state index is -0.512. The van der Waals surface area contributed by atoms with E-state index in [9.17, 15) is 4.79 Å². The number of piperidine rings is 1. The van der Waals surface area contributed by atoms with Crippen LogP contribution in [0.15, 0.2) is 0 Å². The number of hydrogen-bond donors (Lipinski definition) is 2. The average molecular weight is 295 g/mol. The van der Waals surface area contributed by atoms with Gasteiger partial charge in [-0.3, -0.25) is 4.79 Å². The SMILES string of the molecule is CCCC1CCN(CCCC(C)(NC2CC2)C(N)=O)CC1. The lowest BCUT2D eigenvalue weighted by Crippen LogP contribution is -2.54. The molecule has 4 nitrogen and oxygen atoms in total. The second-order valence-corrected chi connectivity index (χ2v) is 7.29. The summed E-state index contributed by atoms with van der Waals surface area (Å²) >= 11 is 0. The Balaban J connectivity index is 1.67. The topological polar surface area (TPSA) is 58.4 Å². The molecule has 1 saturated carbocycles. The molecule has 4 heteroatoms. The van der Waals surface area contributed by atoms with Crippen LogP contribution in [0.2, 0.25) is 0 Å². The lowest BCUT2D eigenvalue weighted by molar-refractivity contribution is -0.124. The van der Waals surface area contributed by atoms with Gasteiger partial charge in [0.15, 0.2) is 0 Å². The maximum absolute atomic E-state index is 11.7. The molecule has 2 aliphatic rings. The lowest BCUT2D eigenvalue weighted by atomic mass is 9.91. The smallest absolute Gasteiger partial charge is 0.237 e. The van der Waals surface area contributed by atoms with Crippen molar-refractivity contribution in [3.63, 3.8) is 0 Å². The molecule has 1 unspecified atom stereocenters. The first kappa shape index (κ1) is 16.8. The van der Waals surface area contributed by atoms with E-state index < -0.39 is 5.54 Å². The Morgan fingerprint density at radius 1 is 1.29 bits per heavy atom. The number of rotatable bonds is 9. The Bertz CT molecular complexity index is 335. The normalized spacial score (nSPS) is 23.9. The largest absolute Gasteiger partial charge is 0.368 e. The second kappa shape index (κ2) is 7.59. The first-order valence-corrected chi connectivity index (χ1v) is 8.83. The first-order chi connectivity index (χ1) is 10.0. The van der Waals surface area contributed by atoms with E-state index in [-0.39, 0.29) is 5.91 Å². The van der Waals surface area contributed by atoms with E-state index in [2.05, 4.69) is 17.1 Å². The van der Waals surface area contributed by atoms with Crippen LogP contribution < -0.4 is 11.1 Å². The third kappa shape index (κ3) is 5.26. The number of hydrogen-bond acceptors (Lipinski definition) is 3. The maximum Gasteiger partial charge on any atom is 0.237 e. The van der Waals surface area contributed by atoms with Crippen LogP contribution >= 0.6 is 0 Å². The number of likely N-dealkylation sites (tertiary alicyclic amines) is 1. The first-order valence-electron chi connectivity index (χ1n) is 8.83. The summed E-state index contributed by atoms with van der Waals surface area (Å²) in [5.74, 6) is 0.745. The fourth-order valence-electron chi connectivity index (χ4n) is 3.51. The Morgan fingerprint density at radius 3 is 2.48 bits per heavy atom. The predicted octanol–water partition coefficient (Wildman–Crippen LogP) is 2.27. The predicted molar refractivity (Wildman–Crippen MR) is 87.1 cm³/mol. The van der Waals surface area contributed by atoms with Crippen molar-refractivity contribution in [2.45, 2.75) is 76.8 Å². The highest BCUT2D eigenvalue weighted by Crippen LogP contribution is 2.25. The van der Waals surface area contributed by atoms with Crippen LogP contribution in [0.3, 0.4) is 0 Å². The molecule has 0 spiro atoms. The molecule has 1 aliphatic heterocycles. The second-order valence-electron chi connectivity index (χ2n) is 7.29. The summed E-state index contributed by atoms with van der Waals surface area (Å²) in [5.41, 5.74) is 5.09. The molecule has 122 valence electrons. The highest BCUT2D eigenvalue weighted by molar-refractivity contribution is 5.84. The monoisotopic (exact) mass is 295 g/mol. The van der Waals surface area contributed by atoms with Gasteiger partial charge < -0.3 is 16.0 Å². The van der Waals surface area contributed by atoms with E-state index in [1.165, 1.54) is 51.6 Å². The fourth-order valence-corrected chi connectivity index (χ4v) is 3.51. The summed E-state index contributed by atoms with van der Waals surface area (Å²) < 4.78 is 0. The van der Waals surface area contributed by atoms with Crippen LogP contribution in [-0.4, -0.2) is 42.0 Å². The Labute approximate surface area is 129 Å². The number of nitrogens with two attached hydrogens (primary N) is 1. The van der Waals surface area contributed by atoms with Crippen molar-refractivity contribution < 1.29 is 4.79 Å². The van der Waals surface area contributed by atoms with E-state index in [4.69, 9.17) is 5.73 Å². The highest BCUT2D eigenvalue weighted by atomic mass is 16.1. The molecule has 1 amide bonds. The van der Waals surface area contributed by atoms with Gasteiger partial charge in [0.25, 0.3) is 0 Å². The molecule has 2 fully saturated rings. The van der Waals surface area contributed by atoms with Crippen LogP contribution in [0, 0.1) is 5.92 Å². The fraction of sp³-hybridized carbons (Fsp3) is 0.941. The van der Waals surface area contributed by atoms with Gasteiger partial charge in [0, 0.05) is 6.04 Å². The third-order valence-electron chi connectivity index (χ3n) is 5.20. The third-order valence-corrected chi connectivity index (χ3v) is 5.20. The zero-order valence-corrected chi connectivity index (χ0v) is 13.9. The molecule has 0 aromatic rings. The molecule has 0 aromatic carbocycles. The van der Waals surface area contributed by atoms with Gasteiger partial charge in [0.2, 0.25) is 5.91 Å². The maximum atomic E-state index is 11.7. The van der Waals surface area contributed by atoms with Gasteiger partial charge in [-0.25, -0.2) is 0 Å². The zero-order chi connectivity index (χ0) is 15.3. The van der Waals surface area contributed by atoms with Crippen LogP contribution in [0.1, 0.15) is 65.2 Å². The summed E-state index contributed by atoms with van der Waals surface area (Å²) in [4.78, 5) is 14.3. The summed E-state index contributed by atoms with van der Waals surface area (Å²) in [6, 6.07) is 0.521. The molecule has 1 saturated heterocycles. The summed E-state index contributed by atoms with van der Waals surface area (Å²) in [6.07, 6.45) is 9.68. The minimum Gasteiger partial charge on any atom is -0.368 e. The average Bonchev–Trinajstić information content (AvgIpc) is 3.25. The van der Waals surface area contributed by atoms with Crippen LogP contribution in [0.4, 0.5) is 0 Å². The van der Waals surface area contributed by atoms with E-state index in [1.54, 1.807) is 0 Å². The number of nitrogens with zero attached hydrogens (tertiary/aromatic N) is 1. The number of carbonyl (C=O) groups is 1. The van der Waals surface area contributed by atoms with Crippen molar-refractivity contribution >= 4 is 5.91 Å². The van der Waals surface area contributed by atoms with Gasteiger partial charge in [0.1, 0.15) is 0 Å². The van der Waals surface area contributed by atoms with E-state index >= 15 is 0 Å². The number of primary amides is 1. The molecule has 21 heavy (non-hydrogen) atoms. The molecule has 1 heterocycles. The number of nitrogens with one attached hydrogen (secondary N) is 1. The van der Waals surface area contributed by atoms with Crippen molar-refractivity contribution in [1.82, 2.24) is 10.2 Å². The lowest BCUT2D eigenvalue weighted by Gasteiger charge is -2.33. The number of carbonyl (C=O) groups excluding carboxylic acids is 1. The van der Waals surface area contributed by atoms with Crippen molar-refractivity contribution in [3.8, 4) is 0 Å². The van der Waals surface area contributed by atoms with Crippen LogP contribution in [0.5, 0.6) is 0 Å². The van der Waals surface area contributed by atoms with Crippen molar-refractivity contribution in [2.75, 3.05) is 19.6 Å². The zero-order valence-electron chi connectivity index (χ0n) is 13.9. The molecule has 1 aliphatic carbocycles. The van der Waals surface area contributed by atoms with Gasteiger partial charge in [-0.1, -0.05) is 19.8 Å². The van der Waals surface area contributed by atoms with Crippen molar-refractivity contribution in [3.05, 3.63) is 0 Å². The summed E-state index contributed by atoms with van der Waals surface area (Å²) in [5, 5.41) is 3.44. The quantitative estimate of drug-likeness (QED) is 0.686. The Morgan fingerprint density at radius 2 is 1.95 bits per heavy atom. The molecule has 0 bridgehead atoms. The highest BCUT2D eigenvalue weighted by Gasteiger charge is 2.36. The number of amides is 1. The molecular weight excluding hydrogens is 262 g/mol. The molecular formula is C17H33N3O. The Kier molecular flexibility index (Phi) is 6.06. The molecule has 2 rings (SSSR count). The van der Waals surface area contributed by atoms with Crippen LogP contribution in [-0.2, 0) is 4.79 Å². The van der Waals surface area contributed by atoms with E-state index in [0.29, 0.717) is 6.04 Å². The van der Waals surface area contributed by atoms with Crippen molar-refractivity contribution in [1.29, 1.82) is 0 Å². The summed E-state index contributed by atoms with van der Waals surface area (Å²) in [7, 11) is 0. The van der Waals surface area contributed by atoms with E-state index in [1.807, 2.05) is 6.92 Å². The molecule has 1 atom stereocenters. The molecule has 3 N–H and O–H groups in total. The van der Waals surface area contributed by atoms with E-state index in [0.717, 1.165) is 25.3 Å². The minimum absolute atomic E-state index is 0.198. The van der Waals surface area contributed by atoms with Gasteiger partial charge in [-0.15, -0.1) is 0 Å². The van der Waals surface area contributed by atoms with Crippen molar-refractivity contribution in [2.24, 2.45) is 11.7 Å². The summed E-state index contributed by atoms with van der Waals surface area (Å²) in [6.45, 7) is 7.82. The van der Waals surface area contributed by atoms with Gasteiger partial charge in [-0.2, -0.15) is 0 Å². The van der Waals surface area contributed by atoms with Gasteiger partial charge in [-0.05, 0) is 71.0 Å². The Hall–Kier alpha value is -0.610. The van der Waals surface area contributed by atoms with Gasteiger partial charge >= 0.3 is 0 Å². The molecule has 0 aromatic heterocycles. The van der Waals surface area contributed by atoms with Gasteiger partial charge in [0.05, 0.1) is 5.54 Å². The molecule has 0 radical (unpaired) electrons. The van der Waals surface area contributed by atoms with Crippen LogP contribution in [0.25, 0.3) is 0 Å².